The van der Waals surface area contributed by atoms with Crippen LogP contribution < -0.4 is 10.6 Å². The summed E-state index contributed by atoms with van der Waals surface area (Å²) in [4.78, 5) is 36.6. The molecular formula is C23H29N3O4. The van der Waals surface area contributed by atoms with E-state index in [1.165, 1.54) is 6.08 Å². The molecular weight excluding hydrogens is 382 g/mol. The molecule has 0 spiro atoms. The highest BCUT2D eigenvalue weighted by molar-refractivity contribution is 6.04. The average molecular weight is 412 g/mol. The molecule has 2 aromatic rings. The van der Waals surface area contributed by atoms with E-state index in [0.29, 0.717) is 35.5 Å². The Labute approximate surface area is 177 Å². The van der Waals surface area contributed by atoms with Gasteiger partial charge in [0.25, 0.3) is 5.91 Å². The monoisotopic (exact) mass is 411 g/mol. The first-order valence-corrected chi connectivity index (χ1v) is 10.1. The minimum atomic E-state index is -0.397. The van der Waals surface area contributed by atoms with Gasteiger partial charge in [-0.2, -0.15) is 0 Å². The molecule has 0 aliphatic heterocycles. The summed E-state index contributed by atoms with van der Waals surface area (Å²) < 4.78 is 7.21. The number of hydrogen-bond donors (Lipinski definition) is 2. The lowest BCUT2D eigenvalue weighted by Crippen LogP contribution is -2.22. The van der Waals surface area contributed by atoms with Crippen LogP contribution in [0.4, 0.5) is 5.69 Å². The molecule has 1 aromatic carbocycles. The second kappa shape index (κ2) is 10.4. The smallest absolute Gasteiger partial charge is 0.340 e. The van der Waals surface area contributed by atoms with Crippen LogP contribution in [0.2, 0.25) is 0 Å². The summed E-state index contributed by atoms with van der Waals surface area (Å²) in [5.41, 5.74) is 3.96. The van der Waals surface area contributed by atoms with Crippen LogP contribution in [-0.4, -0.2) is 35.5 Å². The summed E-state index contributed by atoms with van der Waals surface area (Å²) >= 11 is 0. The van der Waals surface area contributed by atoms with Crippen LogP contribution >= 0.6 is 0 Å². The van der Waals surface area contributed by atoms with Crippen LogP contribution in [0.3, 0.4) is 0 Å². The lowest BCUT2D eigenvalue weighted by atomic mass is 10.1. The molecule has 0 aliphatic carbocycles. The molecule has 2 rings (SSSR count). The maximum Gasteiger partial charge on any atom is 0.340 e. The topological polar surface area (TPSA) is 89.4 Å². The number of anilines is 1. The molecule has 0 saturated carbocycles. The molecule has 0 fully saturated rings. The summed E-state index contributed by atoms with van der Waals surface area (Å²) in [7, 11) is 0. The number of nitrogens with zero attached hydrogens (tertiary/aromatic N) is 1. The predicted octanol–water partition coefficient (Wildman–Crippen LogP) is 3.70. The Morgan fingerprint density at radius 1 is 1.03 bits per heavy atom. The van der Waals surface area contributed by atoms with E-state index < -0.39 is 5.97 Å². The van der Waals surface area contributed by atoms with Gasteiger partial charge in [-0.1, -0.05) is 0 Å². The number of nitrogens with one attached hydrogen (secondary N) is 2. The van der Waals surface area contributed by atoms with E-state index in [1.807, 2.05) is 32.3 Å². The highest BCUT2D eigenvalue weighted by Gasteiger charge is 2.22. The molecule has 0 radical (unpaired) electrons. The SMILES string of the molecule is CCNC(=O)c1ccc(NC(=O)C=Cc2c(C(=O)OCC)c(C)n(CC)c2C)cc1. The number of benzene rings is 1. The minimum absolute atomic E-state index is 0.159. The van der Waals surface area contributed by atoms with Gasteiger partial charge in [-0.3, -0.25) is 9.59 Å². The fourth-order valence-corrected chi connectivity index (χ4v) is 3.36. The van der Waals surface area contributed by atoms with Crippen LogP contribution in [0.25, 0.3) is 6.08 Å². The van der Waals surface area contributed by atoms with Crippen LogP contribution in [0, 0.1) is 13.8 Å². The van der Waals surface area contributed by atoms with Crippen molar-refractivity contribution in [3.8, 4) is 0 Å². The van der Waals surface area contributed by atoms with Gasteiger partial charge in [-0.25, -0.2) is 4.79 Å². The maximum atomic E-state index is 12.4. The van der Waals surface area contributed by atoms with Gasteiger partial charge in [0.05, 0.1) is 12.2 Å². The average Bonchev–Trinajstić information content (AvgIpc) is 2.96. The Morgan fingerprint density at radius 2 is 1.70 bits per heavy atom. The molecule has 7 nitrogen and oxygen atoms in total. The first-order valence-electron chi connectivity index (χ1n) is 10.1. The van der Waals surface area contributed by atoms with E-state index in [0.717, 1.165) is 11.4 Å². The molecule has 0 saturated heterocycles. The Bertz CT molecular complexity index is 956. The van der Waals surface area contributed by atoms with E-state index in [-0.39, 0.29) is 18.4 Å². The third kappa shape index (κ3) is 5.17. The van der Waals surface area contributed by atoms with Crippen molar-refractivity contribution in [1.82, 2.24) is 9.88 Å². The van der Waals surface area contributed by atoms with Crippen molar-refractivity contribution in [3.05, 3.63) is 58.4 Å². The van der Waals surface area contributed by atoms with E-state index >= 15 is 0 Å². The molecule has 2 amide bonds. The fourth-order valence-electron chi connectivity index (χ4n) is 3.36. The van der Waals surface area contributed by atoms with Gasteiger partial charge in [0.15, 0.2) is 0 Å². The molecule has 0 bridgehead atoms. The van der Waals surface area contributed by atoms with Gasteiger partial charge in [-0.15, -0.1) is 0 Å². The highest BCUT2D eigenvalue weighted by atomic mass is 16.5. The summed E-state index contributed by atoms with van der Waals surface area (Å²) in [6.07, 6.45) is 3.03. The molecule has 0 aliphatic rings. The van der Waals surface area contributed by atoms with Crippen molar-refractivity contribution in [3.63, 3.8) is 0 Å². The second-order valence-corrected chi connectivity index (χ2v) is 6.68. The summed E-state index contributed by atoms with van der Waals surface area (Å²) in [5.74, 6) is -0.892. The first kappa shape index (κ1) is 22.9. The van der Waals surface area contributed by atoms with Crippen LogP contribution in [0.15, 0.2) is 30.3 Å². The van der Waals surface area contributed by atoms with Gasteiger partial charge in [-0.05, 0) is 65.0 Å². The van der Waals surface area contributed by atoms with Gasteiger partial charge in [0.2, 0.25) is 5.91 Å². The van der Waals surface area contributed by atoms with Crippen molar-refractivity contribution in [2.75, 3.05) is 18.5 Å². The molecule has 160 valence electrons. The second-order valence-electron chi connectivity index (χ2n) is 6.68. The number of amides is 2. The number of carbonyl (C=O) groups is 3. The lowest BCUT2D eigenvalue weighted by Gasteiger charge is -2.05. The number of aromatic nitrogens is 1. The molecule has 1 aromatic heterocycles. The Hall–Kier alpha value is -3.35. The third-order valence-corrected chi connectivity index (χ3v) is 4.78. The van der Waals surface area contributed by atoms with Crippen LogP contribution in [-0.2, 0) is 16.1 Å². The van der Waals surface area contributed by atoms with E-state index in [9.17, 15) is 14.4 Å². The largest absolute Gasteiger partial charge is 0.462 e. The van der Waals surface area contributed by atoms with Gasteiger partial charge < -0.3 is 19.9 Å². The molecule has 0 atom stereocenters. The van der Waals surface area contributed by atoms with Crippen molar-refractivity contribution in [2.24, 2.45) is 0 Å². The fraction of sp³-hybridized carbons (Fsp3) is 0.348. The number of esters is 1. The zero-order valence-corrected chi connectivity index (χ0v) is 18.2. The molecule has 0 unspecified atom stereocenters. The minimum Gasteiger partial charge on any atom is -0.462 e. The lowest BCUT2D eigenvalue weighted by molar-refractivity contribution is -0.111. The normalized spacial score (nSPS) is 10.8. The van der Waals surface area contributed by atoms with Gasteiger partial charge in [0.1, 0.15) is 0 Å². The predicted molar refractivity (Wildman–Crippen MR) is 118 cm³/mol. The zero-order valence-electron chi connectivity index (χ0n) is 18.2. The number of rotatable bonds is 8. The zero-order chi connectivity index (χ0) is 22.3. The number of hydrogen-bond acceptors (Lipinski definition) is 4. The van der Waals surface area contributed by atoms with Crippen molar-refractivity contribution >= 4 is 29.5 Å². The summed E-state index contributed by atoms with van der Waals surface area (Å²) in [5, 5.41) is 5.48. The van der Waals surface area contributed by atoms with Gasteiger partial charge >= 0.3 is 5.97 Å². The Kier molecular flexibility index (Phi) is 7.98. The van der Waals surface area contributed by atoms with Crippen molar-refractivity contribution in [2.45, 2.75) is 41.2 Å². The standard InChI is InChI=1S/C23H29N3O4/c1-6-24-22(28)17-9-11-18(12-10-17)25-20(27)14-13-19-15(4)26(7-2)16(5)21(19)23(29)30-8-3/h9-14H,6-8H2,1-5H3,(H,24,28)(H,25,27). The Balaban J connectivity index is 2.20. The molecule has 1 heterocycles. The first-order chi connectivity index (χ1) is 14.3. The van der Waals surface area contributed by atoms with Crippen LogP contribution in [0.1, 0.15) is 58.4 Å². The highest BCUT2D eigenvalue weighted by Crippen LogP contribution is 2.25. The quantitative estimate of drug-likeness (QED) is 0.512. The third-order valence-electron chi connectivity index (χ3n) is 4.78. The summed E-state index contributed by atoms with van der Waals surface area (Å²) in [6, 6.07) is 6.64. The van der Waals surface area contributed by atoms with Gasteiger partial charge in [0, 0.05) is 47.4 Å². The van der Waals surface area contributed by atoms with E-state index in [2.05, 4.69) is 10.6 Å². The molecule has 30 heavy (non-hydrogen) atoms. The Morgan fingerprint density at radius 3 is 2.27 bits per heavy atom. The molecule has 7 heteroatoms. The number of ether oxygens (including phenoxy) is 1. The summed E-state index contributed by atoms with van der Waals surface area (Å²) in [6.45, 7) is 10.9. The van der Waals surface area contributed by atoms with E-state index in [4.69, 9.17) is 4.74 Å². The van der Waals surface area contributed by atoms with Crippen molar-refractivity contribution in [1.29, 1.82) is 0 Å². The van der Waals surface area contributed by atoms with Crippen LogP contribution in [0.5, 0.6) is 0 Å². The van der Waals surface area contributed by atoms with Crippen molar-refractivity contribution < 1.29 is 19.1 Å². The van der Waals surface area contributed by atoms with E-state index in [1.54, 1.807) is 37.3 Å². The maximum absolute atomic E-state index is 12.4. The number of carbonyl (C=O) groups excluding carboxylic acids is 3. The molecule has 2 N–H and O–H groups in total.